The summed E-state index contributed by atoms with van der Waals surface area (Å²) < 4.78 is 0. The van der Waals surface area contributed by atoms with Crippen LogP contribution in [0.2, 0.25) is 0 Å². The summed E-state index contributed by atoms with van der Waals surface area (Å²) in [5, 5.41) is 0. The van der Waals surface area contributed by atoms with Gasteiger partial charge in [0.2, 0.25) is 5.91 Å². The van der Waals surface area contributed by atoms with Crippen LogP contribution in [0.3, 0.4) is 0 Å². The normalized spacial score (nSPS) is 12.7. The van der Waals surface area contributed by atoms with Crippen molar-refractivity contribution in [3.8, 4) is 0 Å². The molecule has 0 radical (unpaired) electrons. The van der Waals surface area contributed by atoms with Gasteiger partial charge in [-0.2, -0.15) is 0 Å². The Hall–Kier alpha value is 0.0400. The van der Waals surface area contributed by atoms with Gasteiger partial charge in [-0.3, -0.25) is 4.79 Å². The van der Waals surface area contributed by atoms with Gasteiger partial charge in [-0.15, -0.1) is 9.45 Å². The number of carbonyl (C=O) groups excluding carboxylic acids is 1. The number of nitrogens with zero attached hydrogens (tertiary/aromatic N) is 1. The summed E-state index contributed by atoms with van der Waals surface area (Å²) in [6.07, 6.45) is 2.00. The lowest BCUT2D eigenvalue weighted by Gasteiger charge is -2.13. The first-order valence-corrected chi connectivity index (χ1v) is 5.78. The third kappa shape index (κ3) is 4.88. The van der Waals surface area contributed by atoms with E-state index in [4.69, 9.17) is 11.2 Å². The second-order valence-corrected chi connectivity index (χ2v) is 5.48. The van der Waals surface area contributed by atoms with E-state index in [0.29, 0.717) is 0 Å². The maximum absolute atomic E-state index is 10.7. The van der Waals surface area contributed by atoms with E-state index in [1.165, 1.54) is 0 Å². The van der Waals surface area contributed by atoms with E-state index in [-0.39, 0.29) is 15.4 Å². The Balaban J connectivity index is 3.49. The summed E-state index contributed by atoms with van der Waals surface area (Å²) in [6, 6.07) is 0. The molecule has 0 spiro atoms. The first-order valence-electron chi connectivity index (χ1n) is 3.05. The Morgan fingerprint density at radius 2 is 2.20 bits per heavy atom. The molecule has 4 heteroatoms. The topological polar surface area (TPSA) is 20.3 Å². The van der Waals surface area contributed by atoms with Gasteiger partial charge in [-0.1, -0.05) is 11.2 Å². The molecule has 0 aliphatic heterocycles. The number of rotatable bonds is 3. The van der Waals surface area contributed by atoms with E-state index in [9.17, 15) is 4.79 Å². The minimum absolute atomic E-state index is 0.0368. The number of hydrogen-bond donors (Lipinski definition) is 0. The fourth-order valence-electron chi connectivity index (χ4n) is 0.423. The molecular weight excluding hydrogens is 166 g/mol. The molecule has 1 unspecified atom stereocenters. The van der Waals surface area contributed by atoms with Crippen molar-refractivity contribution >= 4 is 26.5 Å². The second-order valence-electron chi connectivity index (χ2n) is 2.22. The third-order valence-corrected chi connectivity index (χ3v) is 2.51. The Labute approximate surface area is 69.2 Å². The van der Waals surface area contributed by atoms with Gasteiger partial charge in [0.15, 0.2) is 0 Å². The van der Waals surface area contributed by atoms with Crippen molar-refractivity contribution in [3.63, 3.8) is 0 Å². The van der Waals surface area contributed by atoms with Gasteiger partial charge in [-0.25, -0.2) is 0 Å². The summed E-state index contributed by atoms with van der Waals surface area (Å²) in [7, 11) is 1.83. The van der Waals surface area contributed by atoms with E-state index in [0.717, 1.165) is 12.3 Å². The van der Waals surface area contributed by atoms with Crippen molar-refractivity contribution in [1.82, 2.24) is 4.90 Å². The van der Waals surface area contributed by atoms with Crippen LogP contribution >= 0.6 is 0 Å². The lowest BCUT2D eigenvalue weighted by atomic mass is 10.5. The molecule has 0 aromatic heterocycles. The van der Waals surface area contributed by atoms with Crippen LogP contribution in [0.5, 0.6) is 0 Å². The predicted octanol–water partition coefficient (Wildman–Crippen LogP) is 0.175. The fourth-order valence-corrected chi connectivity index (χ4v) is 1.18. The molecule has 0 N–H and O–H groups in total. The summed E-state index contributed by atoms with van der Waals surface area (Å²) in [6.45, 7) is 2.36. The summed E-state index contributed by atoms with van der Waals surface area (Å²) >= 11 is 4.97. The van der Waals surface area contributed by atoms with E-state index in [2.05, 4.69) is 0 Å². The Bertz CT molecular complexity index is 147. The van der Waals surface area contributed by atoms with Gasteiger partial charge in [0.1, 0.15) is 0 Å². The van der Waals surface area contributed by atoms with Crippen molar-refractivity contribution in [2.75, 3.05) is 25.6 Å². The summed E-state index contributed by atoms with van der Waals surface area (Å²) in [5.74, 6) is 1.05. The van der Waals surface area contributed by atoms with Gasteiger partial charge in [0, 0.05) is 26.3 Å². The number of hydrogen-bond acceptors (Lipinski definition) is 2. The first-order chi connectivity index (χ1) is 4.54. The van der Waals surface area contributed by atoms with Crippen molar-refractivity contribution in [2.24, 2.45) is 0 Å². The monoisotopic (exact) mass is 179 g/mol. The molecule has 0 rings (SSSR count). The van der Waals surface area contributed by atoms with Gasteiger partial charge in [0.25, 0.3) is 0 Å². The lowest BCUT2D eigenvalue weighted by molar-refractivity contribution is -0.127. The Kier molecular flexibility index (Phi) is 4.81. The first kappa shape index (κ1) is 10.0. The van der Waals surface area contributed by atoms with E-state index < -0.39 is 0 Å². The van der Waals surface area contributed by atoms with Crippen LogP contribution in [0.25, 0.3) is 0 Å². The maximum Gasteiger partial charge on any atom is 0.219 e. The van der Waals surface area contributed by atoms with Crippen LogP contribution in [0.4, 0.5) is 0 Å². The van der Waals surface area contributed by atoms with Crippen molar-refractivity contribution in [3.05, 3.63) is 0 Å². The predicted molar refractivity (Wildman–Crippen MR) is 48.8 cm³/mol. The number of carbonyl (C=O) groups is 1. The molecule has 1 atom stereocenters. The van der Waals surface area contributed by atoms with Crippen LogP contribution < -0.4 is 0 Å². The number of amides is 1. The summed E-state index contributed by atoms with van der Waals surface area (Å²) in [4.78, 5) is 12.3. The largest absolute Gasteiger partial charge is 0.345 e. The highest BCUT2D eigenvalue weighted by Gasteiger charge is 1.99. The van der Waals surface area contributed by atoms with Crippen molar-refractivity contribution < 1.29 is 4.79 Å². The second kappa shape index (κ2) is 4.79. The smallest absolute Gasteiger partial charge is 0.219 e. The SMILES string of the molecule is CC(=O)N(C)CCS(C)=S. The highest BCUT2D eigenvalue weighted by molar-refractivity contribution is 8.28. The zero-order chi connectivity index (χ0) is 8.15. The Morgan fingerprint density at radius 1 is 1.70 bits per heavy atom. The van der Waals surface area contributed by atoms with Crippen LogP contribution in [0.15, 0.2) is 0 Å². The molecule has 0 aromatic carbocycles. The van der Waals surface area contributed by atoms with Crippen LogP contribution in [0.1, 0.15) is 6.92 Å². The van der Waals surface area contributed by atoms with Gasteiger partial charge in [-0.05, 0) is 6.26 Å². The zero-order valence-electron chi connectivity index (χ0n) is 6.59. The van der Waals surface area contributed by atoms with E-state index in [1.807, 2.05) is 6.26 Å². The van der Waals surface area contributed by atoms with E-state index in [1.54, 1.807) is 18.9 Å². The Morgan fingerprint density at radius 3 is 2.50 bits per heavy atom. The minimum Gasteiger partial charge on any atom is -0.345 e. The molecule has 0 bridgehead atoms. The molecule has 10 heavy (non-hydrogen) atoms. The minimum atomic E-state index is 0.0368. The molecule has 0 heterocycles. The van der Waals surface area contributed by atoms with Crippen LogP contribution in [0, 0.1) is 0 Å². The average Bonchev–Trinajstić information content (AvgIpc) is 1.82. The molecule has 1 amide bonds. The maximum atomic E-state index is 10.7. The van der Waals surface area contributed by atoms with Crippen LogP contribution in [-0.4, -0.2) is 36.4 Å². The van der Waals surface area contributed by atoms with Gasteiger partial charge >= 0.3 is 0 Å². The standard InChI is InChI=1S/C6H13NOS2/c1-6(8)7(2)4-5-10(3)9/h4-5H2,1-3H3. The third-order valence-electron chi connectivity index (χ3n) is 1.25. The molecule has 0 saturated heterocycles. The van der Waals surface area contributed by atoms with Gasteiger partial charge in [0.05, 0.1) is 0 Å². The molecular formula is C6H13NOS2. The highest BCUT2D eigenvalue weighted by Crippen LogP contribution is 1.84. The van der Waals surface area contributed by atoms with Crippen molar-refractivity contribution in [1.29, 1.82) is 0 Å². The quantitative estimate of drug-likeness (QED) is 0.616. The molecule has 0 aliphatic carbocycles. The highest BCUT2D eigenvalue weighted by atomic mass is 32.8. The fraction of sp³-hybridized carbons (Fsp3) is 0.833. The molecule has 2 nitrogen and oxygen atoms in total. The molecule has 60 valence electrons. The molecule has 0 aromatic rings. The van der Waals surface area contributed by atoms with E-state index >= 15 is 0 Å². The van der Waals surface area contributed by atoms with Gasteiger partial charge < -0.3 is 4.90 Å². The van der Waals surface area contributed by atoms with Crippen LogP contribution in [-0.2, 0) is 25.4 Å². The average molecular weight is 179 g/mol. The van der Waals surface area contributed by atoms with Crippen molar-refractivity contribution in [2.45, 2.75) is 6.92 Å². The summed E-state index contributed by atoms with van der Waals surface area (Å²) in [5.41, 5.74) is 0. The molecule has 0 saturated carbocycles. The lowest BCUT2D eigenvalue weighted by Crippen LogP contribution is -2.27. The molecule has 0 aliphatic rings. The molecule has 0 fully saturated rings. The zero-order valence-corrected chi connectivity index (χ0v) is 8.22.